The van der Waals surface area contributed by atoms with Crippen molar-refractivity contribution in [2.45, 2.75) is 62.3 Å². The molecule has 2 aliphatic heterocycles. The number of benzene rings is 1. The summed E-state index contributed by atoms with van der Waals surface area (Å²) >= 11 is 0. The van der Waals surface area contributed by atoms with Crippen LogP contribution in [0.1, 0.15) is 62.4 Å². The highest BCUT2D eigenvalue weighted by Crippen LogP contribution is 2.40. The van der Waals surface area contributed by atoms with Crippen molar-refractivity contribution in [2.24, 2.45) is 0 Å². The Balaban J connectivity index is 1.50. The largest absolute Gasteiger partial charge is 0.378 e. The molecule has 6 rings (SSSR count). The lowest BCUT2D eigenvalue weighted by Gasteiger charge is -2.31. The number of sulfonamides is 1. The first-order chi connectivity index (χ1) is 16.0. The van der Waals surface area contributed by atoms with E-state index in [1.165, 1.54) is 0 Å². The maximum absolute atomic E-state index is 12.9. The van der Waals surface area contributed by atoms with Crippen LogP contribution in [0, 0.1) is 11.3 Å². The topological polar surface area (TPSA) is 101 Å². The van der Waals surface area contributed by atoms with E-state index in [0.717, 1.165) is 59.9 Å². The lowest BCUT2D eigenvalue weighted by atomic mass is 10.0. The predicted octanol–water partition coefficient (Wildman–Crippen LogP) is 3.48. The van der Waals surface area contributed by atoms with Gasteiger partial charge in [0.05, 0.1) is 40.2 Å². The zero-order chi connectivity index (χ0) is 22.7. The number of rotatable bonds is 4. The van der Waals surface area contributed by atoms with Crippen LogP contribution in [0.15, 0.2) is 24.4 Å². The molecule has 3 fully saturated rings. The average Bonchev–Trinajstić information content (AvgIpc) is 3.43. The van der Waals surface area contributed by atoms with Crippen molar-refractivity contribution in [1.82, 2.24) is 18.8 Å². The molecule has 0 radical (unpaired) electrons. The minimum absolute atomic E-state index is 0.0401. The fraction of sp³-hybridized carbons (Fsp3) is 0.542. The van der Waals surface area contributed by atoms with E-state index in [-0.39, 0.29) is 23.3 Å². The van der Waals surface area contributed by atoms with Gasteiger partial charge in [-0.2, -0.15) is 5.26 Å². The number of nitrogens with zero attached hydrogens (tertiary/aromatic N) is 5. The maximum atomic E-state index is 12.9. The standard InChI is InChI=1S/C24H27N5O3S/c1-15-10-18(7-9-32-15)29-23-20-11-16(12-25)2-5-21(20)26-13-22(23)27-24(29)17-6-8-28(14-17)33(30,31)19-3-4-19/h2,5,11,13,15,17-19H,3-4,6-10,14H2,1H3/t15-,17?,18?/m1/s1. The van der Waals surface area contributed by atoms with Gasteiger partial charge in [0.25, 0.3) is 0 Å². The molecule has 0 N–H and O–H groups in total. The SMILES string of the molecule is C[C@@H]1CC(n2c(C3CCN(S(=O)(=O)C4CC4)C3)nc3cnc4ccc(C#N)cc4c32)CCO1. The number of ether oxygens (including phenoxy) is 1. The molecule has 0 bridgehead atoms. The van der Waals surface area contributed by atoms with E-state index in [0.29, 0.717) is 25.3 Å². The molecule has 3 atom stereocenters. The first kappa shape index (κ1) is 21.0. The molecule has 4 heterocycles. The minimum Gasteiger partial charge on any atom is -0.378 e. The normalized spacial score (nSPS) is 26.7. The second-order valence-corrected chi connectivity index (χ2v) is 11.8. The van der Waals surface area contributed by atoms with Crippen LogP contribution in [0.2, 0.25) is 0 Å². The van der Waals surface area contributed by atoms with Gasteiger partial charge in [0.15, 0.2) is 0 Å². The zero-order valence-electron chi connectivity index (χ0n) is 18.6. The summed E-state index contributed by atoms with van der Waals surface area (Å²) in [4.78, 5) is 9.63. The quantitative estimate of drug-likeness (QED) is 0.585. The Morgan fingerprint density at radius 2 is 2.03 bits per heavy atom. The van der Waals surface area contributed by atoms with E-state index in [1.54, 1.807) is 16.6 Å². The first-order valence-corrected chi connectivity index (χ1v) is 13.3. The molecule has 1 aromatic carbocycles. The first-order valence-electron chi connectivity index (χ1n) is 11.8. The van der Waals surface area contributed by atoms with Gasteiger partial charge in [0.1, 0.15) is 11.3 Å². The molecule has 9 heteroatoms. The van der Waals surface area contributed by atoms with Gasteiger partial charge < -0.3 is 9.30 Å². The van der Waals surface area contributed by atoms with Crippen molar-refractivity contribution in [1.29, 1.82) is 5.26 Å². The fourth-order valence-electron chi connectivity index (χ4n) is 5.48. The fourth-order valence-corrected chi connectivity index (χ4v) is 7.38. The van der Waals surface area contributed by atoms with Crippen LogP contribution in [0.3, 0.4) is 0 Å². The Bertz CT molecular complexity index is 1390. The van der Waals surface area contributed by atoms with Crippen molar-refractivity contribution >= 4 is 32.0 Å². The number of pyridine rings is 1. The highest BCUT2D eigenvalue weighted by Gasteiger charge is 2.44. The number of hydrogen-bond acceptors (Lipinski definition) is 6. The van der Waals surface area contributed by atoms with Crippen molar-refractivity contribution < 1.29 is 13.2 Å². The molecule has 3 aliphatic rings. The number of imidazole rings is 1. The Kier molecular flexibility index (Phi) is 4.94. The van der Waals surface area contributed by atoms with Crippen LogP contribution in [0.25, 0.3) is 21.9 Å². The summed E-state index contributed by atoms with van der Waals surface area (Å²) in [6.07, 6.45) is 6.02. The summed E-state index contributed by atoms with van der Waals surface area (Å²) in [6, 6.07) is 8.02. The second kappa shape index (κ2) is 7.76. The Morgan fingerprint density at radius 1 is 1.18 bits per heavy atom. The van der Waals surface area contributed by atoms with Gasteiger partial charge in [-0.15, -0.1) is 0 Å². The van der Waals surface area contributed by atoms with E-state index in [1.807, 2.05) is 12.1 Å². The molecule has 2 unspecified atom stereocenters. The number of hydrogen-bond donors (Lipinski definition) is 0. The predicted molar refractivity (Wildman–Crippen MR) is 124 cm³/mol. The third-order valence-electron chi connectivity index (χ3n) is 7.32. The summed E-state index contributed by atoms with van der Waals surface area (Å²) in [5, 5.41) is 10.2. The van der Waals surface area contributed by atoms with Gasteiger partial charge in [0, 0.05) is 37.0 Å². The van der Waals surface area contributed by atoms with Crippen LogP contribution in [-0.4, -0.2) is 58.3 Å². The molecule has 3 aromatic rings. The van der Waals surface area contributed by atoms with Crippen LogP contribution >= 0.6 is 0 Å². The van der Waals surface area contributed by atoms with Crippen LogP contribution < -0.4 is 0 Å². The molecule has 2 aromatic heterocycles. The second-order valence-electron chi connectivity index (χ2n) is 9.62. The summed E-state index contributed by atoms with van der Waals surface area (Å²) in [7, 11) is -3.20. The smallest absolute Gasteiger partial charge is 0.217 e. The van der Waals surface area contributed by atoms with Crippen molar-refractivity contribution in [3.05, 3.63) is 35.8 Å². The Morgan fingerprint density at radius 3 is 2.79 bits per heavy atom. The zero-order valence-corrected chi connectivity index (χ0v) is 19.5. The van der Waals surface area contributed by atoms with Gasteiger partial charge in [0.2, 0.25) is 10.0 Å². The molecule has 8 nitrogen and oxygen atoms in total. The number of nitriles is 1. The summed E-state index contributed by atoms with van der Waals surface area (Å²) in [6.45, 7) is 3.81. The molecular weight excluding hydrogens is 438 g/mol. The number of fused-ring (bicyclic) bond motifs is 3. The Labute approximate surface area is 193 Å². The van der Waals surface area contributed by atoms with E-state index in [4.69, 9.17) is 9.72 Å². The average molecular weight is 466 g/mol. The molecule has 172 valence electrons. The third kappa shape index (κ3) is 3.52. The van der Waals surface area contributed by atoms with E-state index in [2.05, 4.69) is 22.5 Å². The van der Waals surface area contributed by atoms with Crippen LogP contribution in [0.4, 0.5) is 0 Å². The lowest BCUT2D eigenvalue weighted by molar-refractivity contribution is 0.00609. The van der Waals surface area contributed by atoms with Gasteiger partial charge in [-0.3, -0.25) is 4.98 Å². The van der Waals surface area contributed by atoms with Crippen molar-refractivity contribution in [2.75, 3.05) is 19.7 Å². The van der Waals surface area contributed by atoms with Gasteiger partial charge in [-0.1, -0.05) is 0 Å². The monoisotopic (exact) mass is 465 g/mol. The molecule has 0 spiro atoms. The summed E-state index contributed by atoms with van der Waals surface area (Å²) < 4.78 is 35.6. The Hall–Kier alpha value is -2.54. The van der Waals surface area contributed by atoms with E-state index >= 15 is 0 Å². The molecule has 0 amide bonds. The highest BCUT2D eigenvalue weighted by molar-refractivity contribution is 7.90. The van der Waals surface area contributed by atoms with Crippen molar-refractivity contribution in [3.63, 3.8) is 0 Å². The van der Waals surface area contributed by atoms with Crippen LogP contribution in [0.5, 0.6) is 0 Å². The molecule has 33 heavy (non-hydrogen) atoms. The van der Waals surface area contributed by atoms with E-state index in [9.17, 15) is 13.7 Å². The molecule has 1 saturated carbocycles. The highest BCUT2D eigenvalue weighted by atomic mass is 32.2. The van der Waals surface area contributed by atoms with Gasteiger partial charge >= 0.3 is 0 Å². The molecule has 1 aliphatic carbocycles. The number of aromatic nitrogens is 3. The lowest BCUT2D eigenvalue weighted by Crippen LogP contribution is -2.32. The van der Waals surface area contributed by atoms with Crippen molar-refractivity contribution in [3.8, 4) is 6.07 Å². The van der Waals surface area contributed by atoms with Gasteiger partial charge in [-0.25, -0.2) is 17.7 Å². The molecule has 2 saturated heterocycles. The minimum atomic E-state index is -3.20. The van der Waals surface area contributed by atoms with E-state index < -0.39 is 10.0 Å². The third-order valence-corrected chi connectivity index (χ3v) is 9.68. The molecular formula is C24H27N5O3S. The van der Waals surface area contributed by atoms with Crippen LogP contribution in [-0.2, 0) is 14.8 Å². The summed E-state index contributed by atoms with van der Waals surface area (Å²) in [5.41, 5.74) is 3.22. The summed E-state index contributed by atoms with van der Waals surface area (Å²) in [5.74, 6) is 0.979. The maximum Gasteiger partial charge on any atom is 0.217 e. The van der Waals surface area contributed by atoms with Gasteiger partial charge in [-0.05, 0) is 57.2 Å².